The lowest BCUT2D eigenvalue weighted by molar-refractivity contribution is -0.137. The van der Waals surface area contributed by atoms with Gasteiger partial charge in [-0.2, -0.15) is 10.2 Å². The number of hydrogen-bond donors (Lipinski definition) is 2. The van der Waals surface area contributed by atoms with Crippen LogP contribution in [0.2, 0.25) is 0 Å². The maximum atomic E-state index is 12.1. The number of aromatic nitrogens is 4. The van der Waals surface area contributed by atoms with Crippen molar-refractivity contribution in [2.45, 2.75) is 33.4 Å². The highest BCUT2D eigenvalue weighted by molar-refractivity contribution is 6.03. The van der Waals surface area contributed by atoms with Gasteiger partial charge in [-0.1, -0.05) is 0 Å². The summed E-state index contributed by atoms with van der Waals surface area (Å²) in [5.41, 5.74) is 1.75. The molecular weight excluding hydrogens is 274 g/mol. The highest BCUT2D eigenvalue weighted by Gasteiger charge is 2.13. The number of carboxylic acid groups (broad SMARTS) is 1. The van der Waals surface area contributed by atoms with Gasteiger partial charge < -0.3 is 10.4 Å². The van der Waals surface area contributed by atoms with Crippen LogP contribution in [0.4, 0.5) is 5.69 Å². The minimum absolute atomic E-state index is 0.0366. The van der Waals surface area contributed by atoms with E-state index in [1.165, 1.54) is 4.68 Å². The molecular formula is C13H17N5O3. The molecule has 2 aromatic rings. The Labute approximate surface area is 121 Å². The fourth-order valence-corrected chi connectivity index (χ4v) is 1.89. The molecule has 2 rings (SSSR count). The smallest absolute Gasteiger partial charge is 0.305 e. The monoisotopic (exact) mass is 291 g/mol. The fourth-order valence-electron chi connectivity index (χ4n) is 1.89. The maximum Gasteiger partial charge on any atom is 0.305 e. The predicted octanol–water partition coefficient (Wildman–Crippen LogP) is 1.13. The van der Waals surface area contributed by atoms with Crippen LogP contribution < -0.4 is 5.32 Å². The molecule has 0 aliphatic heterocycles. The second-order valence-electron chi connectivity index (χ2n) is 4.52. The molecule has 112 valence electrons. The molecule has 21 heavy (non-hydrogen) atoms. The number of nitrogens with one attached hydrogen (secondary N) is 1. The largest absolute Gasteiger partial charge is 0.481 e. The molecule has 0 aromatic carbocycles. The maximum absolute atomic E-state index is 12.1. The van der Waals surface area contributed by atoms with Gasteiger partial charge in [-0.25, -0.2) is 0 Å². The number of carbonyl (C=O) groups is 2. The number of nitrogens with zero attached hydrogens (tertiary/aromatic N) is 4. The van der Waals surface area contributed by atoms with Crippen LogP contribution in [0.3, 0.4) is 0 Å². The Morgan fingerprint density at radius 1 is 1.43 bits per heavy atom. The summed E-state index contributed by atoms with van der Waals surface area (Å²) in [6, 6.07) is 1.55. The quantitative estimate of drug-likeness (QED) is 0.830. The Morgan fingerprint density at radius 3 is 2.81 bits per heavy atom. The van der Waals surface area contributed by atoms with E-state index in [1.54, 1.807) is 23.1 Å². The molecule has 0 aliphatic carbocycles. The third-order valence-corrected chi connectivity index (χ3v) is 3.08. The van der Waals surface area contributed by atoms with Gasteiger partial charge >= 0.3 is 5.97 Å². The van der Waals surface area contributed by atoms with Crippen LogP contribution in [0.1, 0.15) is 29.5 Å². The summed E-state index contributed by atoms with van der Waals surface area (Å²) in [5, 5.41) is 19.6. The zero-order valence-electron chi connectivity index (χ0n) is 11.9. The van der Waals surface area contributed by atoms with Crippen LogP contribution in [0, 0.1) is 6.92 Å². The van der Waals surface area contributed by atoms with E-state index < -0.39 is 5.97 Å². The molecule has 1 amide bonds. The van der Waals surface area contributed by atoms with Crippen LogP contribution in [-0.2, 0) is 17.9 Å². The summed E-state index contributed by atoms with van der Waals surface area (Å²) in [6.07, 6.45) is 3.14. The fraction of sp³-hybridized carbons (Fsp3) is 0.385. The minimum Gasteiger partial charge on any atom is -0.481 e. The van der Waals surface area contributed by atoms with Crippen molar-refractivity contribution < 1.29 is 14.7 Å². The lowest BCUT2D eigenvalue weighted by Crippen LogP contribution is -2.14. The second-order valence-corrected chi connectivity index (χ2v) is 4.52. The Kier molecular flexibility index (Phi) is 4.36. The Hall–Kier alpha value is -2.64. The first-order valence-electron chi connectivity index (χ1n) is 6.60. The third-order valence-electron chi connectivity index (χ3n) is 3.08. The average molecular weight is 291 g/mol. The summed E-state index contributed by atoms with van der Waals surface area (Å²) in [7, 11) is 0. The van der Waals surface area contributed by atoms with E-state index in [1.807, 2.05) is 13.8 Å². The predicted molar refractivity (Wildman–Crippen MR) is 75.1 cm³/mol. The molecule has 8 heteroatoms. The first kappa shape index (κ1) is 14.8. The lowest BCUT2D eigenvalue weighted by Gasteiger charge is -2.03. The number of rotatable bonds is 6. The van der Waals surface area contributed by atoms with Gasteiger partial charge in [0.1, 0.15) is 0 Å². The van der Waals surface area contributed by atoms with Crippen LogP contribution >= 0.6 is 0 Å². The van der Waals surface area contributed by atoms with E-state index in [0.29, 0.717) is 5.69 Å². The van der Waals surface area contributed by atoms with Gasteiger partial charge in [0.15, 0.2) is 5.69 Å². The van der Waals surface area contributed by atoms with Crippen LogP contribution in [0.25, 0.3) is 0 Å². The van der Waals surface area contributed by atoms with Gasteiger partial charge in [-0.15, -0.1) is 0 Å². The van der Waals surface area contributed by atoms with Crippen molar-refractivity contribution in [3.63, 3.8) is 0 Å². The van der Waals surface area contributed by atoms with Crippen LogP contribution in [0.15, 0.2) is 18.5 Å². The molecule has 0 radical (unpaired) electrons. The molecule has 0 bridgehead atoms. The van der Waals surface area contributed by atoms with Gasteiger partial charge in [0.05, 0.1) is 30.5 Å². The molecule has 2 N–H and O–H groups in total. The summed E-state index contributed by atoms with van der Waals surface area (Å²) in [5.74, 6) is -1.25. The van der Waals surface area contributed by atoms with Crippen molar-refractivity contribution in [2.24, 2.45) is 0 Å². The van der Waals surface area contributed by atoms with Crippen molar-refractivity contribution >= 4 is 17.6 Å². The van der Waals surface area contributed by atoms with Crippen molar-refractivity contribution in [3.8, 4) is 0 Å². The second kappa shape index (κ2) is 6.21. The topological polar surface area (TPSA) is 102 Å². The first-order chi connectivity index (χ1) is 10.0. The van der Waals surface area contributed by atoms with E-state index in [2.05, 4.69) is 15.5 Å². The number of hydrogen-bond acceptors (Lipinski definition) is 4. The number of carboxylic acids is 1. The number of aliphatic carboxylic acids is 1. The molecule has 0 aliphatic rings. The van der Waals surface area contributed by atoms with E-state index in [0.717, 1.165) is 12.2 Å². The molecule has 2 aromatic heterocycles. The van der Waals surface area contributed by atoms with Crippen molar-refractivity contribution in [1.82, 2.24) is 19.6 Å². The zero-order valence-corrected chi connectivity index (χ0v) is 11.9. The highest BCUT2D eigenvalue weighted by Crippen LogP contribution is 2.14. The highest BCUT2D eigenvalue weighted by atomic mass is 16.4. The summed E-state index contributed by atoms with van der Waals surface area (Å²) < 4.78 is 3.21. The SMILES string of the molecule is CCn1ncc(NC(=O)c2ccn(CCC(=O)O)n2)c1C. The van der Waals surface area contributed by atoms with Crippen LogP contribution in [-0.4, -0.2) is 36.5 Å². The van der Waals surface area contributed by atoms with Crippen molar-refractivity contribution in [3.05, 3.63) is 29.8 Å². The van der Waals surface area contributed by atoms with Gasteiger partial charge in [-0.05, 0) is 19.9 Å². The van der Waals surface area contributed by atoms with E-state index >= 15 is 0 Å². The minimum atomic E-state index is -0.904. The molecule has 8 nitrogen and oxygen atoms in total. The number of carbonyl (C=O) groups excluding carboxylic acids is 1. The van der Waals surface area contributed by atoms with E-state index in [9.17, 15) is 9.59 Å². The summed E-state index contributed by atoms with van der Waals surface area (Å²) >= 11 is 0. The van der Waals surface area contributed by atoms with Gasteiger partial charge in [0.2, 0.25) is 0 Å². The van der Waals surface area contributed by atoms with Crippen molar-refractivity contribution in [2.75, 3.05) is 5.32 Å². The Bertz CT molecular complexity index is 659. The molecule has 0 fully saturated rings. The molecule has 2 heterocycles. The molecule has 0 spiro atoms. The van der Waals surface area contributed by atoms with Gasteiger partial charge in [-0.3, -0.25) is 19.0 Å². The summed E-state index contributed by atoms with van der Waals surface area (Å²) in [4.78, 5) is 22.6. The average Bonchev–Trinajstić information content (AvgIpc) is 3.04. The number of anilines is 1. The molecule has 0 saturated heterocycles. The third kappa shape index (κ3) is 3.47. The Morgan fingerprint density at radius 2 is 2.19 bits per heavy atom. The number of amides is 1. The first-order valence-corrected chi connectivity index (χ1v) is 6.60. The normalized spacial score (nSPS) is 10.6. The standard InChI is InChI=1S/C13H17N5O3/c1-3-18-9(2)11(8-14-18)15-13(21)10-4-6-17(16-10)7-5-12(19)20/h4,6,8H,3,5,7H2,1-2H3,(H,15,21)(H,19,20). The van der Waals surface area contributed by atoms with E-state index in [-0.39, 0.29) is 24.6 Å². The number of aryl methyl sites for hydroxylation is 2. The zero-order chi connectivity index (χ0) is 15.4. The molecule has 0 unspecified atom stereocenters. The lowest BCUT2D eigenvalue weighted by atomic mass is 10.3. The van der Waals surface area contributed by atoms with Gasteiger partial charge in [0, 0.05) is 12.7 Å². The van der Waals surface area contributed by atoms with E-state index in [4.69, 9.17) is 5.11 Å². The molecule has 0 atom stereocenters. The molecule has 0 saturated carbocycles. The van der Waals surface area contributed by atoms with Crippen molar-refractivity contribution in [1.29, 1.82) is 0 Å². The summed E-state index contributed by atoms with van der Waals surface area (Å²) in [6.45, 7) is 4.80. The van der Waals surface area contributed by atoms with Crippen LogP contribution in [0.5, 0.6) is 0 Å². The Balaban J connectivity index is 2.03. The van der Waals surface area contributed by atoms with Gasteiger partial charge in [0.25, 0.3) is 5.91 Å².